The van der Waals surface area contributed by atoms with Crippen LogP contribution in [0.5, 0.6) is 0 Å². The van der Waals surface area contributed by atoms with E-state index in [2.05, 4.69) is 44.4 Å². The van der Waals surface area contributed by atoms with Crippen molar-refractivity contribution in [1.29, 1.82) is 0 Å². The zero-order chi connectivity index (χ0) is 11.2. The molecule has 2 heterocycles. The van der Waals surface area contributed by atoms with Gasteiger partial charge in [-0.25, -0.2) is 0 Å². The van der Waals surface area contributed by atoms with Gasteiger partial charge in [0, 0.05) is 25.7 Å². The Kier molecular flexibility index (Phi) is 2.32. The highest BCUT2D eigenvalue weighted by Gasteiger charge is 2.48. The first kappa shape index (κ1) is 10.3. The summed E-state index contributed by atoms with van der Waals surface area (Å²) in [4.78, 5) is 0. The summed E-state index contributed by atoms with van der Waals surface area (Å²) in [6.45, 7) is 0. The van der Waals surface area contributed by atoms with Crippen LogP contribution in [0.4, 0.5) is 0 Å². The van der Waals surface area contributed by atoms with Crippen molar-refractivity contribution < 1.29 is 4.48 Å². The van der Waals surface area contributed by atoms with Crippen LogP contribution < -0.4 is 0 Å². The number of hydrogen-bond donors (Lipinski definition) is 0. The maximum absolute atomic E-state index is 2.43. The largest absolute Gasteiger partial charge is 0.324 e. The van der Waals surface area contributed by atoms with Crippen molar-refractivity contribution in [3.8, 4) is 0 Å². The SMILES string of the molecule is C[N+]1(C)C2CCC1CC(c1ccccc1)C2. The Labute approximate surface area is 98.7 Å². The molecule has 0 amide bonds. The Morgan fingerprint density at radius 3 is 2.06 bits per heavy atom. The molecule has 3 rings (SSSR count). The summed E-state index contributed by atoms with van der Waals surface area (Å²) in [5, 5.41) is 0. The van der Waals surface area contributed by atoms with Crippen LogP contribution in [-0.2, 0) is 0 Å². The summed E-state index contributed by atoms with van der Waals surface area (Å²) in [5.41, 5.74) is 1.57. The molecule has 0 aromatic heterocycles. The lowest BCUT2D eigenvalue weighted by Gasteiger charge is -2.44. The van der Waals surface area contributed by atoms with Gasteiger partial charge in [-0.15, -0.1) is 0 Å². The van der Waals surface area contributed by atoms with Crippen molar-refractivity contribution >= 4 is 0 Å². The van der Waals surface area contributed by atoms with Crippen molar-refractivity contribution in [1.82, 2.24) is 0 Å². The summed E-state index contributed by atoms with van der Waals surface area (Å²) in [5.74, 6) is 0.824. The zero-order valence-electron chi connectivity index (χ0n) is 10.4. The first-order chi connectivity index (χ1) is 7.68. The molecular weight excluding hydrogens is 194 g/mol. The Morgan fingerprint density at radius 1 is 0.938 bits per heavy atom. The maximum atomic E-state index is 2.43. The van der Waals surface area contributed by atoms with E-state index in [9.17, 15) is 0 Å². The molecule has 2 atom stereocenters. The minimum Gasteiger partial charge on any atom is -0.324 e. The highest BCUT2D eigenvalue weighted by Crippen LogP contribution is 2.45. The lowest BCUT2D eigenvalue weighted by molar-refractivity contribution is -0.930. The fraction of sp³-hybridized carbons (Fsp3) is 0.600. The predicted molar refractivity (Wildman–Crippen MR) is 67.3 cm³/mol. The zero-order valence-corrected chi connectivity index (χ0v) is 10.4. The van der Waals surface area contributed by atoms with Crippen LogP contribution in [0.25, 0.3) is 0 Å². The van der Waals surface area contributed by atoms with Crippen LogP contribution in [0.3, 0.4) is 0 Å². The number of rotatable bonds is 1. The molecule has 86 valence electrons. The molecule has 2 bridgehead atoms. The molecule has 2 saturated heterocycles. The van der Waals surface area contributed by atoms with Crippen LogP contribution in [-0.4, -0.2) is 30.7 Å². The van der Waals surface area contributed by atoms with Crippen molar-refractivity contribution in [2.24, 2.45) is 0 Å². The van der Waals surface area contributed by atoms with Gasteiger partial charge < -0.3 is 4.48 Å². The van der Waals surface area contributed by atoms with Gasteiger partial charge in [-0.1, -0.05) is 30.3 Å². The van der Waals surface area contributed by atoms with E-state index in [-0.39, 0.29) is 0 Å². The van der Waals surface area contributed by atoms with Gasteiger partial charge in [-0.2, -0.15) is 0 Å². The van der Waals surface area contributed by atoms with E-state index in [1.54, 1.807) is 5.56 Å². The van der Waals surface area contributed by atoms with Crippen LogP contribution in [0, 0.1) is 0 Å². The van der Waals surface area contributed by atoms with Gasteiger partial charge in [0.05, 0.1) is 26.2 Å². The standard InChI is InChI=1S/C15H22N/c1-16(2)14-8-9-15(16)11-13(10-14)12-6-4-3-5-7-12/h3-7,13-15H,8-11H2,1-2H3/q+1. The molecule has 1 aromatic carbocycles. The van der Waals surface area contributed by atoms with Crippen LogP contribution in [0.2, 0.25) is 0 Å². The average Bonchev–Trinajstić information content (AvgIpc) is 2.51. The average molecular weight is 216 g/mol. The fourth-order valence-electron chi connectivity index (χ4n) is 3.88. The predicted octanol–water partition coefficient (Wildman–Crippen LogP) is 3.17. The third kappa shape index (κ3) is 1.49. The van der Waals surface area contributed by atoms with E-state index in [4.69, 9.17) is 0 Å². The van der Waals surface area contributed by atoms with Crippen LogP contribution in [0.1, 0.15) is 37.2 Å². The number of fused-ring (bicyclic) bond motifs is 2. The number of hydrogen-bond acceptors (Lipinski definition) is 0. The molecule has 2 aliphatic rings. The number of nitrogens with zero attached hydrogens (tertiary/aromatic N) is 1. The summed E-state index contributed by atoms with van der Waals surface area (Å²) in [6.07, 6.45) is 5.68. The second-order valence-electron chi connectivity index (χ2n) is 6.09. The van der Waals surface area contributed by atoms with Gasteiger partial charge in [0.1, 0.15) is 0 Å². The van der Waals surface area contributed by atoms with Gasteiger partial charge in [-0.3, -0.25) is 0 Å². The Morgan fingerprint density at radius 2 is 1.50 bits per heavy atom. The first-order valence-electron chi connectivity index (χ1n) is 6.56. The molecule has 0 N–H and O–H groups in total. The Balaban J connectivity index is 1.84. The number of quaternary nitrogens is 1. The van der Waals surface area contributed by atoms with E-state index in [1.807, 2.05) is 0 Å². The fourth-order valence-corrected chi connectivity index (χ4v) is 3.88. The molecule has 16 heavy (non-hydrogen) atoms. The Bertz CT molecular complexity index is 352. The van der Waals surface area contributed by atoms with Gasteiger partial charge in [0.15, 0.2) is 0 Å². The summed E-state index contributed by atoms with van der Waals surface area (Å²) < 4.78 is 1.28. The highest BCUT2D eigenvalue weighted by atomic mass is 15.4. The molecule has 2 aliphatic heterocycles. The summed E-state index contributed by atoms with van der Waals surface area (Å²) >= 11 is 0. The molecule has 0 spiro atoms. The molecule has 2 fully saturated rings. The number of benzene rings is 1. The molecule has 0 radical (unpaired) electrons. The second kappa shape index (κ2) is 3.59. The summed E-state index contributed by atoms with van der Waals surface area (Å²) in [7, 11) is 4.87. The van der Waals surface area contributed by atoms with Crippen LogP contribution >= 0.6 is 0 Å². The minimum absolute atomic E-state index is 0.824. The van der Waals surface area contributed by atoms with Crippen molar-refractivity contribution in [2.75, 3.05) is 14.1 Å². The normalized spacial score (nSPS) is 36.2. The third-order valence-electron chi connectivity index (χ3n) is 5.10. The quantitative estimate of drug-likeness (QED) is 0.633. The van der Waals surface area contributed by atoms with Crippen molar-refractivity contribution in [3.63, 3.8) is 0 Å². The van der Waals surface area contributed by atoms with E-state index >= 15 is 0 Å². The van der Waals surface area contributed by atoms with Gasteiger partial charge in [0.25, 0.3) is 0 Å². The van der Waals surface area contributed by atoms with E-state index in [0.29, 0.717) is 0 Å². The third-order valence-corrected chi connectivity index (χ3v) is 5.10. The highest BCUT2D eigenvalue weighted by molar-refractivity contribution is 5.20. The van der Waals surface area contributed by atoms with Gasteiger partial charge in [0.2, 0.25) is 0 Å². The Hall–Kier alpha value is -0.820. The molecule has 0 aliphatic carbocycles. The second-order valence-corrected chi connectivity index (χ2v) is 6.09. The summed E-state index contributed by atoms with van der Waals surface area (Å²) in [6, 6.07) is 12.9. The van der Waals surface area contributed by atoms with Crippen molar-refractivity contribution in [3.05, 3.63) is 35.9 Å². The lowest BCUT2D eigenvalue weighted by atomic mass is 9.84. The van der Waals surface area contributed by atoms with E-state index in [0.717, 1.165) is 18.0 Å². The minimum atomic E-state index is 0.824. The van der Waals surface area contributed by atoms with E-state index < -0.39 is 0 Å². The number of piperidine rings is 1. The first-order valence-corrected chi connectivity index (χ1v) is 6.56. The molecule has 0 saturated carbocycles. The molecular formula is C15H22N+. The molecule has 1 nitrogen and oxygen atoms in total. The van der Waals surface area contributed by atoms with Crippen molar-refractivity contribution in [2.45, 2.75) is 43.7 Å². The van der Waals surface area contributed by atoms with E-state index in [1.165, 1.54) is 30.2 Å². The monoisotopic (exact) mass is 216 g/mol. The molecule has 2 unspecified atom stereocenters. The topological polar surface area (TPSA) is 0 Å². The van der Waals surface area contributed by atoms with Gasteiger partial charge in [-0.05, 0) is 11.5 Å². The van der Waals surface area contributed by atoms with Gasteiger partial charge >= 0.3 is 0 Å². The lowest BCUT2D eigenvalue weighted by Crippen LogP contribution is -2.54. The maximum Gasteiger partial charge on any atom is 0.0896 e. The van der Waals surface area contributed by atoms with Crippen LogP contribution in [0.15, 0.2) is 30.3 Å². The smallest absolute Gasteiger partial charge is 0.0896 e. The molecule has 1 heteroatoms. The molecule has 1 aromatic rings.